The van der Waals surface area contributed by atoms with Gasteiger partial charge >= 0.3 is 0 Å². The number of nitrogens with one attached hydrogen (secondary N) is 1. The molecule has 0 aromatic carbocycles. The van der Waals surface area contributed by atoms with Crippen LogP contribution in [0.5, 0.6) is 0 Å². The maximum atomic E-state index is 13.2. The van der Waals surface area contributed by atoms with Crippen molar-refractivity contribution in [3.8, 4) is 11.1 Å². The standard InChI is InChI=1S/C22H20F2N6O/c1-3-4-14-5-12(2)16(10-25-14)15-6-13-9-26-19(29-21(31)17-8-22(17,23)24)7-18(13)30-20(15)27-11-28-30/h5-7,9-11,17H,3-4,8H2,1-2H3,(H,26,29,31). The van der Waals surface area contributed by atoms with Gasteiger partial charge in [-0.25, -0.2) is 23.3 Å². The lowest BCUT2D eigenvalue weighted by Gasteiger charge is -2.12. The molecule has 4 aromatic heterocycles. The van der Waals surface area contributed by atoms with Gasteiger partial charge in [-0.15, -0.1) is 0 Å². The summed E-state index contributed by atoms with van der Waals surface area (Å²) in [6, 6.07) is 5.66. The summed E-state index contributed by atoms with van der Waals surface area (Å²) in [6.45, 7) is 4.16. The highest BCUT2D eigenvalue weighted by Gasteiger charge is 2.61. The number of hydrogen-bond donors (Lipinski definition) is 1. The van der Waals surface area contributed by atoms with Crippen molar-refractivity contribution in [2.24, 2.45) is 5.92 Å². The van der Waals surface area contributed by atoms with Gasteiger partial charge in [0, 0.05) is 47.1 Å². The second kappa shape index (κ2) is 7.04. The number of carbonyl (C=O) groups is 1. The van der Waals surface area contributed by atoms with Gasteiger partial charge in [0.05, 0.1) is 5.52 Å². The summed E-state index contributed by atoms with van der Waals surface area (Å²) < 4.78 is 28.0. The number of carbonyl (C=O) groups excluding carboxylic acids is 1. The molecule has 31 heavy (non-hydrogen) atoms. The second-order valence-corrected chi connectivity index (χ2v) is 7.93. The number of aromatic nitrogens is 5. The Labute approximate surface area is 176 Å². The van der Waals surface area contributed by atoms with E-state index in [0.717, 1.165) is 40.6 Å². The summed E-state index contributed by atoms with van der Waals surface area (Å²) in [6.07, 6.45) is 6.43. The average Bonchev–Trinajstić information content (AvgIpc) is 3.13. The van der Waals surface area contributed by atoms with Crippen LogP contribution in [0.4, 0.5) is 14.6 Å². The Hall–Kier alpha value is -3.49. The topological polar surface area (TPSA) is 85.1 Å². The quantitative estimate of drug-likeness (QED) is 0.521. The predicted molar refractivity (Wildman–Crippen MR) is 112 cm³/mol. The van der Waals surface area contributed by atoms with Crippen LogP contribution in [0.15, 0.2) is 36.9 Å². The van der Waals surface area contributed by atoms with Crippen LogP contribution in [0, 0.1) is 12.8 Å². The molecule has 4 heterocycles. The lowest BCUT2D eigenvalue weighted by Crippen LogP contribution is -2.18. The molecule has 4 aromatic rings. The molecule has 1 aliphatic rings. The second-order valence-electron chi connectivity index (χ2n) is 7.93. The Bertz CT molecular complexity index is 1330. The SMILES string of the molecule is CCCc1cc(C)c(-c2cc3cnc(NC(=O)C4CC4(F)F)cc3n3ncnc23)cn1. The molecule has 9 heteroatoms. The van der Waals surface area contributed by atoms with E-state index < -0.39 is 24.2 Å². The lowest BCUT2D eigenvalue weighted by atomic mass is 10.0. The first-order valence-corrected chi connectivity index (χ1v) is 10.1. The highest BCUT2D eigenvalue weighted by Crippen LogP contribution is 2.49. The molecule has 1 amide bonds. The third kappa shape index (κ3) is 3.39. The average molecular weight is 422 g/mol. The summed E-state index contributed by atoms with van der Waals surface area (Å²) in [7, 11) is 0. The molecule has 1 atom stereocenters. The van der Waals surface area contributed by atoms with Crippen molar-refractivity contribution < 1.29 is 13.6 Å². The first kappa shape index (κ1) is 19.5. The predicted octanol–water partition coefficient (Wildman–Crippen LogP) is 4.19. The minimum absolute atomic E-state index is 0.200. The molecule has 1 fully saturated rings. The molecule has 0 bridgehead atoms. The molecule has 7 nitrogen and oxygen atoms in total. The van der Waals surface area contributed by atoms with E-state index in [1.165, 1.54) is 6.33 Å². The number of amides is 1. The van der Waals surface area contributed by atoms with E-state index in [-0.39, 0.29) is 5.82 Å². The van der Waals surface area contributed by atoms with Crippen LogP contribution in [0.1, 0.15) is 31.0 Å². The summed E-state index contributed by atoms with van der Waals surface area (Å²) in [5.74, 6) is -4.73. The van der Waals surface area contributed by atoms with Crippen LogP contribution >= 0.6 is 0 Å². The number of alkyl halides is 2. The van der Waals surface area contributed by atoms with Gasteiger partial charge in [0.1, 0.15) is 18.1 Å². The molecule has 1 N–H and O–H groups in total. The summed E-state index contributed by atoms with van der Waals surface area (Å²) >= 11 is 0. The lowest BCUT2D eigenvalue weighted by molar-refractivity contribution is -0.119. The van der Waals surface area contributed by atoms with Gasteiger partial charge in [-0.05, 0) is 31.0 Å². The maximum Gasteiger partial charge on any atom is 0.260 e. The number of pyridine rings is 3. The van der Waals surface area contributed by atoms with Crippen LogP contribution < -0.4 is 5.32 Å². The van der Waals surface area contributed by atoms with Crippen molar-refractivity contribution in [1.82, 2.24) is 24.6 Å². The third-order valence-corrected chi connectivity index (χ3v) is 5.59. The Morgan fingerprint density at radius 1 is 1.19 bits per heavy atom. The first-order valence-electron chi connectivity index (χ1n) is 10.1. The van der Waals surface area contributed by atoms with E-state index in [1.807, 2.05) is 19.2 Å². The molecular formula is C22H20F2N6O. The van der Waals surface area contributed by atoms with Crippen LogP contribution in [0.2, 0.25) is 0 Å². The molecule has 1 aliphatic carbocycles. The fourth-order valence-corrected chi connectivity index (χ4v) is 3.84. The largest absolute Gasteiger partial charge is 0.310 e. The van der Waals surface area contributed by atoms with Gasteiger partial charge in [-0.1, -0.05) is 13.3 Å². The molecular weight excluding hydrogens is 402 g/mol. The minimum Gasteiger partial charge on any atom is -0.310 e. The monoisotopic (exact) mass is 422 g/mol. The van der Waals surface area contributed by atoms with Gasteiger partial charge in [-0.3, -0.25) is 9.78 Å². The van der Waals surface area contributed by atoms with Crippen molar-refractivity contribution in [2.75, 3.05) is 5.32 Å². The Morgan fingerprint density at radius 2 is 2.00 bits per heavy atom. The van der Waals surface area contributed by atoms with E-state index in [9.17, 15) is 13.6 Å². The van der Waals surface area contributed by atoms with Crippen molar-refractivity contribution in [1.29, 1.82) is 0 Å². The van der Waals surface area contributed by atoms with E-state index in [0.29, 0.717) is 11.2 Å². The number of halogens is 2. The highest BCUT2D eigenvalue weighted by atomic mass is 19.3. The zero-order chi connectivity index (χ0) is 21.8. The molecule has 1 saturated carbocycles. The van der Waals surface area contributed by atoms with E-state index in [1.54, 1.807) is 16.8 Å². The number of hydrogen-bond acceptors (Lipinski definition) is 5. The zero-order valence-electron chi connectivity index (χ0n) is 17.1. The Morgan fingerprint density at radius 3 is 2.71 bits per heavy atom. The van der Waals surface area contributed by atoms with Crippen molar-refractivity contribution >= 4 is 28.3 Å². The number of fused-ring (bicyclic) bond motifs is 3. The van der Waals surface area contributed by atoms with Gasteiger partial charge in [0.15, 0.2) is 5.65 Å². The molecule has 5 rings (SSSR count). The molecule has 158 valence electrons. The highest BCUT2D eigenvalue weighted by molar-refractivity contribution is 5.97. The van der Waals surface area contributed by atoms with E-state index in [2.05, 4.69) is 38.4 Å². The van der Waals surface area contributed by atoms with E-state index >= 15 is 0 Å². The smallest absolute Gasteiger partial charge is 0.260 e. The number of anilines is 1. The van der Waals surface area contributed by atoms with Gasteiger partial charge in [0.2, 0.25) is 5.91 Å². The fraction of sp³-hybridized carbons (Fsp3) is 0.318. The molecule has 0 saturated heterocycles. The fourth-order valence-electron chi connectivity index (χ4n) is 3.84. The molecule has 0 radical (unpaired) electrons. The van der Waals surface area contributed by atoms with Crippen molar-refractivity contribution in [2.45, 2.75) is 39.0 Å². The Balaban J connectivity index is 1.56. The number of nitrogens with zero attached hydrogens (tertiary/aromatic N) is 5. The minimum atomic E-state index is -2.92. The number of rotatable bonds is 5. The Kier molecular flexibility index (Phi) is 4.42. The molecule has 0 aliphatic heterocycles. The molecule has 1 unspecified atom stereocenters. The van der Waals surface area contributed by atoms with Crippen molar-refractivity contribution in [3.63, 3.8) is 0 Å². The van der Waals surface area contributed by atoms with Crippen LogP contribution in [0.3, 0.4) is 0 Å². The zero-order valence-corrected chi connectivity index (χ0v) is 17.1. The first-order chi connectivity index (χ1) is 14.9. The van der Waals surface area contributed by atoms with Crippen LogP contribution in [0.25, 0.3) is 27.7 Å². The normalized spacial score (nSPS) is 17.2. The summed E-state index contributed by atoms with van der Waals surface area (Å²) in [4.78, 5) is 25.2. The van der Waals surface area contributed by atoms with Crippen LogP contribution in [-0.2, 0) is 11.2 Å². The maximum absolute atomic E-state index is 13.2. The molecule has 0 spiro atoms. The van der Waals surface area contributed by atoms with Gasteiger partial charge < -0.3 is 5.32 Å². The van der Waals surface area contributed by atoms with Gasteiger partial charge in [-0.2, -0.15) is 5.10 Å². The summed E-state index contributed by atoms with van der Waals surface area (Å²) in [5, 5.41) is 7.58. The van der Waals surface area contributed by atoms with Crippen LogP contribution in [-0.4, -0.2) is 36.4 Å². The summed E-state index contributed by atoms with van der Waals surface area (Å²) in [5.41, 5.74) is 5.26. The third-order valence-electron chi connectivity index (χ3n) is 5.59. The van der Waals surface area contributed by atoms with Crippen molar-refractivity contribution in [3.05, 3.63) is 48.2 Å². The van der Waals surface area contributed by atoms with Gasteiger partial charge in [0.25, 0.3) is 5.92 Å². The number of aryl methyl sites for hydroxylation is 2. The van der Waals surface area contributed by atoms with E-state index in [4.69, 9.17) is 0 Å².